The van der Waals surface area contributed by atoms with Gasteiger partial charge in [0.05, 0.1) is 0 Å². The van der Waals surface area contributed by atoms with Crippen LogP contribution >= 0.6 is 0 Å². The van der Waals surface area contributed by atoms with Crippen LogP contribution in [0.5, 0.6) is 0 Å². The van der Waals surface area contributed by atoms with E-state index >= 15 is 0 Å². The van der Waals surface area contributed by atoms with E-state index in [0.717, 1.165) is 20.8 Å². The fourth-order valence-electron chi connectivity index (χ4n) is 0. The van der Waals surface area contributed by atoms with Gasteiger partial charge >= 0.3 is 26.2 Å². The maximum Gasteiger partial charge on any atom is 3.00 e. The molecule has 0 rings (SSSR count). The SMILES string of the molecule is CC(=O)C(=O)[O-].CC(=O)[O-].CC(=O)[O-].[Zr+3]. The molecule has 0 heterocycles. The van der Waals surface area contributed by atoms with Crippen LogP contribution in [0.1, 0.15) is 20.8 Å². The van der Waals surface area contributed by atoms with E-state index in [4.69, 9.17) is 19.8 Å². The van der Waals surface area contributed by atoms with Gasteiger partial charge in [0, 0.05) is 18.9 Å². The Bertz CT molecular complexity index is 191. The summed E-state index contributed by atoms with van der Waals surface area (Å²) in [4.78, 5) is 36.5. The summed E-state index contributed by atoms with van der Waals surface area (Å²) in [6.07, 6.45) is 0. The molecule has 0 saturated heterocycles. The number of carboxylic acids is 3. The first kappa shape index (κ1) is 23.6. The van der Waals surface area contributed by atoms with Gasteiger partial charge in [-0.1, -0.05) is 0 Å². The molecule has 0 aliphatic rings. The number of carboxylic acid groups (broad SMARTS) is 3. The molecule has 0 fully saturated rings. The fraction of sp³-hybridized carbons (Fsp3) is 0.429. The van der Waals surface area contributed by atoms with Crippen molar-refractivity contribution in [2.45, 2.75) is 20.8 Å². The molecule has 0 spiro atoms. The first-order valence-electron chi connectivity index (χ1n) is 3.18. The van der Waals surface area contributed by atoms with Crippen molar-refractivity contribution in [1.29, 1.82) is 0 Å². The van der Waals surface area contributed by atoms with E-state index in [-0.39, 0.29) is 26.2 Å². The second kappa shape index (κ2) is 15.4. The topological polar surface area (TPSA) is 137 Å². The molecule has 0 aliphatic heterocycles. The van der Waals surface area contributed by atoms with Gasteiger partial charge in [-0.05, 0) is 13.8 Å². The largest absolute Gasteiger partial charge is 3.00 e. The second-order valence-corrected chi connectivity index (χ2v) is 1.83. The normalized spacial score (nSPS) is 6.33. The van der Waals surface area contributed by atoms with Crippen LogP contribution in [0.4, 0.5) is 0 Å². The molecule has 0 atom stereocenters. The van der Waals surface area contributed by atoms with Crippen molar-refractivity contribution in [3.05, 3.63) is 0 Å². The second-order valence-electron chi connectivity index (χ2n) is 1.83. The Morgan fingerprint density at radius 2 is 0.800 bits per heavy atom. The smallest absolute Gasteiger partial charge is 0.550 e. The zero-order valence-corrected chi connectivity index (χ0v) is 10.8. The van der Waals surface area contributed by atoms with Crippen LogP contribution in [0.3, 0.4) is 0 Å². The quantitative estimate of drug-likeness (QED) is 0.447. The molecular formula is C7H9O7Zr. The molecule has 0 aromatic heterocycles. The Kier molecular flexibility index (Phi) is 24.3. The van der Waals surface area contributed by atoms with E-state index in [0.29, 0.717) is 0 Å². The van der Waals surface area contributed by atoms with Crippen molar-refractivity contribution in [2.75, 3.05) is 0 Å². The Balaban J connectivity index is -0.0000000606. The minimum Gasteiger partial charge on any atom is -0.550 e. The predicted octanol–water partition coefficient (Wildman–Crippen LogP) is -4.16. The van der Waals surface area contributed by atoms with Crippen molar-refractivity contribution < 1.29 is 60.7 Å². The Morgan fingerprint density at radius 3 is 0.800 bits per heavy atom. The Hall–Kier alpha value is -1.04. The molecule has 0 aromatic carbocycles. The van der Waals surface area contributed by atoms with Crippen LogP contribution < -0.4 is 15.3 Å². The summed E-state index contributed by atoms with van der Waals surface area (Å²) in [6, 6.07) is 0. The number of carbonyl (C=O) groups excluding carboxylic acids is 4. The molecule has 7 nitrogen and oxygen atoms in total. The first-order chi connectivity index (χ1) is 6.11. The number of ketones is 1. The van der Waals surface area contributed by atoms with Crippen LogP contribution in [0.25, 0.3) is 0 Å². The monoisotopic (exact) mass is 295 g/mol. The summed E-state index contributed by atoms with van der Waals surface area (Å²) in [5, 5.41) is 27.0. The van der Waals surface area contributed by atoms with Crippen molar-refractivity contribution in [1.82, 2.24) is 0 Å². The number of Topliss-reactive ketones (excluding diaryl/α,β-unsaturated/α-hetero) is 1. The van der Waals surface area contributed by atoms with Gasteiger partial charge in [-0.25, -0.2) is 0 Å². The molecule has 0 bridgehead atoms. The molecule has 15 heavy (non-hydrogen) atoms. The standard InChI is InChI=1S/C3H4O3.2C2H4O2.Zr/c1-2(4)3(5)6;2*1-2(3)4;/h1H3,(H,5,6);2*1H3,(H,3,4);/q;;;+3/p-3. The summed E-state index contributed by atoms with van der Waals surface area (Å²) in [7, 11) is 0. The van der Waals surface area contributed by atoms with Crippen molar-refractivity contribution in [3.8, 4) is 0 Å². The third-order valence-corrected chi connectivity index (χ3v) is 0.287. The van der Waals surface area contributed by atoms with Crippen LogP contribution in [-0.2, 0) is 45.4 Å². The number of carbonyl (C=O) groups is 4. The fourth-order valence-corrected chi connectivity index (χ4v) is 0. The molecule has 8 heteroatoms. The maximum atomic E-state index is 9.48. The van der Waals surface area contributed by atoms with Crippen LogP contribution in [0.2, 0.25) is 0 Å². The van der Waals surface area contributed by atoms with Crippen LogP contribution in [-0.4, -0.2) is 23.7 Å². The zero-order valence-electron chi connectivity index (χ0n) is 8.36. The number of aliphatic carboxylic acids is 3. The minimum atomic E-state index is -1.63. The van der Waals surface area contributed by atoms with E-state index in [1.54, 1.807) is 0 Å². The Morgan fingerprint density at radius 1 is 0.733 bits per heavy atom. The van der Waals surface area contributed by atoms with E-state index in [1.165, 1.54) is 0 Å². The van der Waals surface area contributed by atoms with E-state index < -0.39 is 23.7 Å². The summed E-state index contributed by atoms with van der Waals surface area (Å²) in [5.41, 5.74) is 0. The molecular weight excluding hydrogens is 287 g/mol. The van der Waals surface area contributed by atoms with E-state index in [1.807, 2.05) is 0 Å². The van der Waals surface area contributed by atoms with Gasteiger partial charge in [-0.15, -0.1) is 0 Å². The summed E-state index contributed by atoms with van der Waals surface area (Å²) >= 11 is 0. The van der Waals surface area contributed by atoms with Gasteiger partial charge in [0.15, 0.2) is 5.78 Å². The van der Waals surface area contributed by atoms with Gasteiger partial charge in [0.2, 0.25) is 0 Å². The average molecular weight is 296 g/mol. The molecule has 0 saturated carbocycles. The summed E-state index contributed by atoms with van der Waals surface area (Å²) in [5.74, 6) is -4.73. The van der Waals surface area contributed by atoms with Gasteiger partial charge in [0.25, 0.3) is 0 Å². The molecule has 0 aliphatic carbocycles. The molecule has 0 amide bonds. The predicted molar refractivity (Wildman–Crippen MR) is 37.1 cm³/mol. The van der Waals surface area contributed by atoms with Crippen molar-refractivity contribution in [2.24, 2.45) is 0 Å². The molecule has 1 radical (unpaired) electrons. The molecule has 83 valence electrons. The number of hydrogen-bond donors (Lipinski definition) is 0. The number of hydrogen-bond acceptors (Lipinski definition) is 7. The third kappa shape index (κ3) is 177. The van der Waals surface area contributed by atoms with E-state index in [9.17, 15) is 14.7 Å². The van der Waals surface area contributed by atoms with Gasteiger partial charge in [0.1, 0.15) is 5.97 Å². The minimum absolute atomic E-state index is 0. The number of rotatable bonds is 1. The summed E-state index contributed by atoms with van der Waals surface area (Å²) in [6.45, 7) is 2.88. The van der Waals surface area contributed by atoms with Crippen molar-refractivity contribution >= 4 is 23.7 Å². The van der Waals surface area contributed by atoms with Gasteiger partial charge < -0.3 is 29.7 Å². The Labute approximate surface area is 105 Å². The average Bonchev–Trinajstić information content (AvgIpc) is 1.83. The third-order valence-electron chi connectivity index (χ3n) is 0.287. The van der Waals surface area contributed by atoms with Gasteiger partial charge in [-0.2, -0.15) is 0 Å². The molecule has 0 unspecified atom stereocenters. The maximum absolute atomic E-state index is 9.48. The zero-order chi connectivity index (χ0) is 12.3. The molecule has 0 aromatic rings. The van der Waals surface area contributed by atoms with Crippen molar-refractivity contribution in [3.63, 3.8) is 0 Å². The molecule has 0 N–H and O–H groups in total. The summed E-state index contributed by atoms with van der Waals surface area (Å²) < 4.78 is 0. The van der Waals surface area contributed by atoms with Gasteiger partial charge in [-0.3, -0.25) is 4.79 Å². The van der Waals surface area contributed by atoms with E-state index in [2.05, 4.69) is 0 Å². The first-order valence-corrected chi connectivity index (χ1v) is 3.18. The van der Waals surface area contributed by atoms with Crippen LogP contribution in [0, 0.1) is 0 Å². The van der Waals surface area contributed by atoms with Crippen LogP contribution in [0.15, 0.2) is 0 Å².